The first-order valence-corrected chi connectivity index (χ1v) is 7.23. The van der Waals surface area contributed by atoms with Gasteiger partial charge in [0, 0.05) is 19.5 Å². The van der Waals surface area contributed by atoms with Gasteiger partial charge in [0.1, 0.15) is 5.82 Å². The number of oxazole rings is 1. The molecule has 0 unspecified atom stereocenters. The highest BCUT2D eigenvalue weighted by molar-refractivity contribution is 5.76. The molecule has 118 valence electrons. The van der Waals surface area contributed by atoms with E-state index in [9.17, 15) is 14.0 Å². The average molecular weight is 314 g/mol. The molecule has 0 aliphatic carbocycles. The molecule has 0 fully saturated rings. The molecule has 2 aromatic carbocycles. The molecule has 1 heterocycles. The molecule has 1 aromatic heterocycles. The lowest BCUT2D eigenvalue weighted by Gasteiger charge is -2.06. The van der Waals surface area contributed by atoms with Crippen LogP contribution in [0, 0.1) is 5.82 Å². The number of hydrogen-bond acceptors (Lipinski definition) is 3. The third kappa shape index (κ3) is 3.48. The Labute approximate surface area is 131 Å². The summed E-state index contributed by atoms with van der Waals surface area (Å²) in [6.45, 7) is 0.475. The number of aromatic nitrogens is 1. The summed E-state index contributed by atoms with van der Waals surface area (Å²) in [4.78, 5) is 23.7. The normalized spacial score (nSPS) is 10.8. The van der Waals surface area contributed by atoms with Crippen molar-refractivity contribution < 1.29 is 13.6 Å². The van der Waals surface area contributed by atoms with Crippen LogP contribution in [-0.4, -0.2) is 10.5 Å². The van der Waals surface area contributed by atoms with Gasteiger partial charge >= 0.3 is 5.76 Å². The largest absolute Gasteiger partial charge is 0.419 e. The minimum atomic E-state index is -0.482. The van der Waals surface area contributed by atoms with Gasteiger partial charge in [-0.05, 0) is 29.8 Å². The van der Waals surface area contributed by atoms with Crippen molar-refractivity contribution in [2.75, 3.05) is 0 Å². The second-order valence-corrected chi connectivity index (χ2v) is 5.14. The number of hydrogen-bond donors (Lipinski definition) is 1. The van der Waals surface area contributed by atoms with Crippen LogP contribution in [0.2, 0.25) is 0 Å². The second kappa shape index (κ2) is 6.48. The number of carbonyl (C=O) groups excluding carboxylic acids is 1. The van der Waals surface area contributed by atoms with Crippen molar-refractivity contribution >= 4 is 17.0 Å². The van der Waals surface area contributed by atoms with E-state index < -0.39 is 5.76 Å². The van der Waals surface area contributed by atoms with E-state index in [1.165, 1.54) is 16.7 Å². The Balaban J connectivity index is 1.60. The maximum absolute atomic E-state index is 13.1. The van der Waals surface area contributed by atoms with Gasteiger partial charge < -0.3 is 9.73 Å². The zero-order chi connectivity index (χ0) is 16.2. The zero-order valence-corrected chi connectivity index (χ0v) is 12.3. The Morgan fingerprint density at radius 1 is 1.17 bits per heavy atom. The Kier molecular flexibility index (Phi) is 4.23. The monoisotopic (exact) mass is 314 g/mol. The third-order valence-electron chi connectivity index (χ3n) is 3.51. The molecule has 0 bridgehead atoms. The summed E-state index contributed by atoms with van der Waals surface area (Å²) in [7, 11) is 0. The SMILES string of the molecule is O=C(CCn1c(=O)oc2ccccc21)NCc1cccc(F)c1. The molecule has 0 aliphatic rings. The van der Waals surface area contributed by atoms with E-state index in [-0.39, 0.29) is 31.2 Å². The number of nitrogens with one attached hydrogen (secondary N) is 1. The number of benzene rings is 2. The van der Waals surface area contributed by atoms with Gasteiger partial charge in [-0.15, -0.1) is 0 Å². The fraction of sp³-hybridized carbons (Fsp3) is 0.176. The molecule has 5 nitrogen and oxygen atoms in total. The van der Waals surface area contributed by atoms with Gasteiger partial charge in [-0.2, -0.15) is 0 Å². The summed E-state index contributed by atoms with van der Waals surface area (Å²) in [5.74, 6) is -1.04. The Bertz CT molecular complexity index is 898. The maximum atomic E-state index is 13.1. The number of aryl methyl sites for hydroxylation is 1. The molecular weight excluding hydrogens is 299 g/mol. The molecule has 0 atom stereocenters. The summed E-state index contributed by atoms with van der Waals surface area (Å²) in [5.41, 5.74) is 1.84. The second-order valence-electron chi connectivity index (χ2n) is 5.14. The number of halogens is 1. The van der Waals surface area contributed by atoms with Crippen LogP contribution in [-0.2, 0) is 17.9 Å². The quantitative estimate of drug-likeness (QED) is 0.786. The van der Waals surface area contributed by atoms with Crippen LogP contribution in [0.1, 0.15) is 12.0 Å². The number of amides is 1. The molecule has 23 heavy (non-hydrogen) atoms. The average Bonchev–Trinajstić information content (AvgIpc) is 2.86. The number of rotatable bonds is 5. The van der Waals surface area contributed by atoms with Crippen LogP contribution in [0.15, 0.2) is 57.7 Å². The minimum absolute atomic E-state index is 0.138. The van der Waals surface area contributed by atoms with Crippen LogP contribution in [0.3, 0.4) is 0 Å². The van der Waals surface area contributed by atoms with E-state index >= 15 is 0 Å². The van der Waals surface area contributed by atoms with Crippen LogP contribution in [0.4, 0.5) is 4.39 Å². The minimum Gasteiger partial charge on any atom is -0.408 e. The Hall–Kier alpha value is -2.89. The van der Waals surface area contributed by atoms with Gasteiger partial charge in [-0.25, -0.2) is 9.18 Å². The summed E-state index contributed by atoms with van der Waals surface area (Å²) in [6, 6.07) is 13.1. The fourth-order valence-electron chi connectivity index (χ4n) is 2.38. The molecule has 0 saturated carbocycles. The molecule has 3 aromatic rings. The van der Waals surface area contributed by atoms with Gasteiger partial charge in [0.05, 0.1) is 5.52 Å². The lowest BCUT2D eigenvalue weighted by atomic mass is 10.2. The summed E-state index contributed by atoms with van der Waals surface area (Å²) in [6.07, 6.45) is 0.138. The van der Waals surface area contributed by atoms with Crippen LogP contribution >= 0.6 is 0 Å². The van der Waals surface area contributed by atoms with Crippen molar-refractivity contribution in [3.8, 4) is 0 Å². The molecule has 6 heteroatoms. The number of carbonyl (C=O) groups is 1. The topological polar surface area (TPSA) is 64.2 Å². The van der Waals surface area contributed by atoms with Gasteiger partial charge in [0.25, 0.3) is 0 Å². The van der Waals surface area contributed by atoms with Gasteiger partial charge in [0.15, 0.2) is 5.58 Å². The van der Waals surface area contributed by atoms with Gasteiger partial charge in [-0.1, -0.05) is 24.3 Å². The molecule has 0 saturated heterocycles. The van der Waals surface area contributed by atoms with E-state index in [2.05, 4.69) is 5.32 Å². The number of para-hydroxylation sites is 2. The molecule has 1 amide bonds. The first kappa shape index (κ1) is 15.0. The maximum Gasteiger partial charge on any atom is 0.419 e. The van der Waals surface area contributed by atoms with Crippen LogP contribution in [0.5, 0.6) is 0 Å². The molecular formula is C17H15FN2O3. The predicted octanol–water partition coefficient (Wildman–Crippen LogP) is 2.44. The summed E-state index contributed by atoms with van der Waals surface area (Å²) in [5, 5.41) is 2.70. The summed E-state index contributed by atoms with van der Waals surface area (Å²) >= 11 is 0. The van der Waals surface area contributed by atoms with E-state index in [1.54, 1.807) is 36.4 Å². The summed E-state index contributed by atoms with van der Waals surface area (Å²) < 4.78 is 19.6. The highest BCUT2D eigenvalue weighted by Gasteiger charge is 2.10. The van der Waals surface area contributed by atoms with Crippen molar-refractivity contribution in [2.45, 2.75) is 19.5 Å². The van der Waals surface area contributed by atoms with Gasteiger partial charge in [0.2, 0.25) is 5.91 Å². The van der Waals surface area contributed by atoms with E-state index in [0.717, 1.165) is 0 Å². The van der Waals surface area contributed by atoms with Gasteiger partial charge in [-0.3, -0.25) is 9.36 Å². The van der Waals surface area contributed by atoms with Crippen molar-refractivity contribution in [1.29, 1.82) is 0 Å². The third-order valence-corrected chi connectivity index (χ3v) is 3.51. The first-order valence-electron chi connectivity index (χ1n) is 7.23. The lowest BCUT2D eigenvalue weighted by Crippen LogP contribution is -2.25. The lowest BCUT2D eigenvalue weighted by molar-refractivity contribution is -0.121. The van der Waals surface area contributed by atoms with Crippen LogP contribution < -0.4 is 11.1 Å². The number of fused-ring (bicyclic) bond motifs is 1. The van der Waals surface area contributed by atoms with Crippen molar-refractivity contribution in [2.24, 2.45) is 0 Å². The zero-order valence-electron chi connectivity index (χ0n) is 12.3. The molecule has 3 rings (SSSR count). The Morgan fingerprint density at radius 3 is 2.83 bits per heavy atom. The molecule has 1 N–H and O–H groups in total. The van der Waals surface area contributed by atoms with Crippen LogP contribution in [0.25, 0.3) is 11.1 Å². The standard InChI is InChI=1S/C17H15FN2O3/c18-13-5-3-4-12(10-13)11-19-16(21)8-9-20-14-6-1-2-7-15(14)23-17(20)22/h1-7,10H,8-9,11H2,(H,19,21). The van der Waals surface area contributed by atoms with E-state index in [1.807, 2.05) is 0 Å². The van der Waals surface area contributed by atoms with E-state index in [4.69, 9.17) is 4.42 Å². The molecule has 0 radical (unpaired) electrons. The molecule has 0 aliphatic heterocycles. The van der Waals surface area contributed by atoms with Crippen molar-refractivity contribution in [3.63, 3.8) is 0 Å². The highest BCUT2D eigenvalue weighted by atomic mass is 19.1. The van der Waals surface area contributed by atoms with E-state index in [0.29, 0.717) is 16.7 Å². The fourth-order valence-corrected chi connectivity index (χ4v) is 2.38. The first-order chi connectivity index (χ1) is 11.1. The number of nitrogens with zero attached hydrogens (tertiary/aromatic N) is 1. The van der Waals surface area contributed by atoms with Crippen molar-refractivity contribution in [1.82, 2.24) is 9.88 Å². The smallest absolute Gasteiger partial charge is 0.408 e. The Morgan fingerprint density at radius 2 is 2.00 bits per heavy atom. The highest BCUT2D eigenvalue weighted by Crippen LogP contribution is 2.12. The van der Waals surface area contributed by atoms with Crippen molar-refractivity contribution in [3.05, 3.63) is 70.5 Å². The predicted molar refractivity (Wildman–Crippen MR) is 83.3 cm³/mol. The molecule has 0 spiro atoms.